The highest BCUT2D eigenvalue weighted by Crippen LogP contribution is 2.35. The highest BCUT2D eigenvalue weighted by Gasteiger charge is 2.14. The maximum Gasteiger partial charge on any atom is 0.171 e. The molecule has 0 unspecified atom stereocenters. The summed E-state index contributed by atoms with van der Waals surface area (Å²) >= 11 is 2.01. The van der Waals surface area contributed by atoms with Crippen molar-refractivity contribution in [1.82, 2.24) is 0 Å². The van der Waals surface area contributed by atoms with Gasteiger partial charge in [0, 0.05) is 12.8 Å². The number of aliphatic hydroxyl groups excluding tert-OH is 2. The number of halogens is 1. The third-order valence-corrected chi connectivity index (χ3v) is 4.90. The van der Waals surface area contributed by atoms with Crippen molar-refractivity contribution in [2.24, 2.45) is 5.92 Å². The first kappa shape index (κ1) is 22.0. The lowest BCUT2D eigenvalue weighted by Gasteiger charge is -2.15. The highest BCUT2D eigenvalue weighted by atomic mass is 127. The highest BCUT2D eigenvalue weighted by molar-refractivity contribution is 14.1. The van der Waals surface area contributed by atoms with Crippen molar-refractivity contribution in [2.75, 3.05) is 7.11 Å². The molecule has 1 aromatic carbocycles. The quantitative estimate of drug-likeness (QED) is 0.369. The Morgan fingerprint density at radius 1 is 1.32 bits per heavy atom. The number of benzene rings is 1. The zero-order valence-corrected chi connectivity index (χ0v) is 17.6. The van der Waals surface area contributed by atoms with E-state index < -0.39 is 6.10 Å². The number of rotatable bonds is 9. The van der Waals surface area contributed by atoms with Crippen molar-refractivity contribution in [2.45, 2.75) is 58.7 Å². The van der Waals surface area contributed by atoms with Crippen molar-refractivity contribution in [3.8, 4) is 11.5 Å². The van der Waals surface area contributed by atoms with Crippen LogP contribution >= 0.6 is 22.6 Å². The number of methoxy groups -OCH3 is 1. The van der Waals surface area contributed by atoms with Gasteiger partial charge in [0.05, 0.1) is 22.9 Å². The molecule has 0 saturated heterocycles. The van der Waals surface area contributed by atoms with Crippen LogP contribution in [0.15, 0.2) is 29.5 Å². The minimum Gasteiger partial charge on any atom is -0.504 e. The van der Waals surface area contributed by atoms with Gasteiger partial charge in [-0.2, -0.15) is 0 Å². The van der Waals surface area contributed by atoms with E-state index in [1.165, 1.54) is 7.11 Å². The van der Waals surface area contributed by atoms with Gasteiger partial charge < -0.3 is 20.1 Å². The van der Waals surface area contributed by atoms with Gasteiger partial charge in [-0.25, -0.2) is 0 Å². The van der Waals surface area contributed by atoms with Crippen LogP contribution in [0.25, 0.3) is 0 Å². The minimum absolute atomic E-state index is 0.0855. The zero-order valence-electron chi connectivity index (χ0n) is 15.4. The number of aromatic hydroxyl groups is 1. The predicted molar refractivity (Wildman–Crippen MR) is 109 cm³/mol. The summed E-state index contributed by atoms with van der Waals surface area (Å²) in [6.45, 7) is 6.10. The fourth-order valence-corrected chi connectivity index (χ4v) is 3.04. The van der Waals surface area contributed by atoms with Crippen LogP contribution in [-0.2, 0) is 0 Å². The van der Waals surface area contributed by atoms with E-state index in [9.17, 15) is 15.3 Å². The van der Waals surface area contributed by atoms with E-state index in [1.807, 2.05) is 42.5 Å². The van der Waals surface area contributed by atoms with Crippen LogP contribution in [-0.4, -0.2) is 28.5 Å². The number of phenolic OH excluding ortho intramolecular Hbond substituents is 1. The number of phenols is 1. The number of hydrogen-bond donors (Lipinski definition) is 3. The molecule has 4 nitrogen and oxygen atoms in total. The van der Waals surface area contributed by atoms with Crippen molar-refractivity contribution in [3.05, 3.63) is 38.6 Å². The average Bonchev–Trinajstić information content (AvgIpc) is 2.56. The lowest BCUT2D eigenvalue weighted by molar-refractivity contribution is 0.125. The van der Waals surface area contributed by atoms with Gasteiger partial charge in [0.25, 0.3) is 0 Å². The Labute approximate surface area is 164 Å². The van der Waals surface area contributed by atoms with Crippen LogP contribution in [0.4, 0.5) is 0 Å². The second-order valence-corrected chi connectivity index (χ2v) is 7.68. The molecule has 0 aromatic heterocycles. The van der Waals surface area contributed by atoms with E-state index >= 15 is 0 Å². The number of aliphatic hydroxyl groups is 2. The lowest BCUT2D eigenvalue weighted by Crippen LogP contribution is -2.15. The standard InChI is InChI=1S/C20H29IO4/c1-5-7-14(10-18(23)13(2)3)8-6-9-17(22)15-11-16(21)20(24)19(12-15)25-4/h6,11-13,17-18,22-24H,5,7,9-10H2,1-4H3/t8?,17-,18-/m1/s1. The molecule has 0 bridgehead atoms. The Morgan fingerprint density at radius 2 is 2.00 bits per heavy atom. The SMILES string of the molecule is CCCC(=C=CC[C@@H](O)c1cc(I)c(O)c(OC)c1)C[C@@H](O)C(C)C. The third-order valence-electron chi connectivity index (χ3n) is 4.08. The summed E-state index contributed by atoms with van der Waals surface area (Å²) in [5.74, 6) is 0.653. The fourth-order valence-electron chi connectivity index (χ4n) is 2.42. The maximum absolute atomic E-state index is 10.4. The molecule has 140 valence electrons. The van der Waals surface area contributed by atoms with Gasteiger partial charge in [0.1, 0.15) is 0 Å². The Bertz CT molecular complexity index is 618. The van der Waals surface area contributed by atoms with E-state index in [2.05, 4.69) is 12.7 Å². The molecule has 0 aliphatic carbocycles. The molecule has 1 aromatic rings. The second-order valence-electron chi connectivity index (χ2n) is 6.52. The number of ether oxygens (including phenoxy) is 1. The largest absolute Gasteiger partial charge is 0.504 e. The lowest BCUT2D eigenvalue weighted by atomic mass is 9.97. The molecule has 2 atom stereocenters. The van der Waals surface area contributed by atoms with E-state index in [0.717, 1.165) is 18.4 Å². The van der Waals surface area contributed by atoms with Crippen LogP contribution in [0.5, 0.6) is 11.5 Å². The summed E-state index contributed by atoms with van der Waals surface area (Å²) in [6.07, 6.45) is 3.68. The summed E-state index contributed by atoms with van der Waals surface area (Å²) in [7, 11) is 1.49. The van der Waals surface area contributed by atoms with Crippen LogP contribution < -0.4 is 4.74 Å². The van der Waals surface area contributed by atoms with Crippen molar-refractivity contribution >= 4 is 22.6 Å². The van der Waals surface area contributed by atoms with Crippen LogP contribution in [0, 0.1) is 9.49 Å². The molecule has 0 heterocycles. The first-order valence-corrected chi connectivity index (χ1v) is 9.73. The third kappa shape index (κ3) is 7.02. The van der Waals surface area contributed by atoms with Gasteiger partial charge in [0.15, 0.2) is 11.5 Å². The molecule has 0 radical (unpaired) electrons. The van der Waals surface area contributed by atoms with Crippen LogP contribution in [0.1, 0.15) is 58.1 Å². The summed E-state index contributed by atoms with van der Waals surface area (Å²) in [5, 5.41) is 30.3. The summed E-state index contributed by atoms with van der Waals surface area (Å²) in [6, 6.07) is 3.39. The van der Waals surface area contributed by atoms with Crippen LogP contribution in [0.2, 0.25) is 0 Å². The molecule has 25 heavy (non-hydrogen) atoms. The topological polar surface area (TPSA) is 69.9 Å². The minimum atomic E-state index is -0.701. The smallest absolute Gasteiger partial charge is 0.171 e. The van der Waals surface area contributed by atoms with Gasteiger partial charge in [-0.1, -0.05) is 27.2 Å². The predicted octanol–water partition coefficient (Wildman–Crippen LogP) is 4.72. The maximum atomic E-state index is 10.4. The van der Waals surface area contributed by atoms with E-state index in [-0.39, 0.29) is 17.8 Å². The first-order chi connectivity index (χ1) is 11.8. The molecule has 5 heteroatoms. The first-order valence-electron chi connectivity index (χ1n) is 8.65. The van der Waals surface area contributed by atoms with Crippen molar-refractivity contribution < 1.29 is 20.1 Å². The van der Waals surface area contributed by atoms with Gasteiger partial charge >= 0.3 is 0 Å². The van der Waals surface area contributed by atoms with E-state index in [4.69, 9.17) is 4.74 Å². The average molecular weight is 460 g/mol. The van der Waals surface area contributed by atoms with Gasteiger partial charge in [0.2, 0.25) is 0 Å². The molecule has 1 rings (SSSR count). The van der Waals surface area contributed by atoms with Crippen molar-refractivity contribution in [3.63, 3.8) is 0 Å². The molecule has 0 amide bonds. The summed E-state index contributed by atoms with van der Waals surface area (Å²) in [5.41, 5.74) is 5.02. The van der Waals surface area contributed by atoms with E-state index in [0.29, 0.717) is 27.7 Å². The second kappa shape index (κ2) is 10.9. The Kier molecular flexibility index (Phi) is 9.57. The van der Waals surface area contributed by atoms with Gasteiger partial charge in [-0.15, -0.1) is 5.73 Å². The molecule has 0 fully saturated rings. The molecule has 3 N–H and O–H groups in total. The number of hydrogen-bond acceptors (Lipinski definition) is 4. The molecule has 0 saturated carbocycles. The van der Waals surface area contributed by atoms with Crippen LogP contribution in [0.3, 0.4) is 0 Å². The Morgan fingerprint density at radius 3 is 2.56 bits per heavy atom. The molecule has 0 aliphatic heterocycles. The van der Waals surface area contributed by atoms with Crippen molar-refractivity contribution in [1.29, 1.82) is 0 Å². The summed E-state index contributed by atoms with van der Waals surface area (Å²) in [4.78, 5) is 0. The molecule has 0 spiro atoms. The Balaban J connectivity index is 2.89. The van der Waals surface area contributed by atoms with E-state index in [1.54, 1.807) is 12.1 Å². The normalized spacial score (nSPS) is 13.3. The Hall–Kier alpha value is -1.01. The monoisotopic (exact) mass is 460 g/mol. The zero-order chi connectivity index (χ0) is 19.0. The van der Waals surface area contributed by atoms with Gasteiger partial charge in [-0.3, -0.25) is 0 Å². The molecule has 0 aliphatic rings. The molecular weight excluding hydrogens is 431 g/mol. The molecular formula is C20H29IO4. The summed E-state index contributed by atoms with van der Waals surface area (Å²) < 4.78 is 5.77. The fraction of sp³-hybridized carbons (Fsp3) is 0.550. The van der Waals surface area contributed by atoms with Gasteiger partial charge in [-0.05, 0) is 64.3 Å².